The van der Waals surface area contributed by atoms with Crippen LogP contribution < -0.4 is 10.2 Å². The summed E-state index contributed by atoms with van der Waals surface area (Å²) >= 11 is 0. The molecule has 2 rings (SSSR count). The van der Waals surface area contributed by atoms with Gasteiger partial charge < -0.3 is 10.2 Å². The van der Waals surface area contributed by atoms with Crippen LogP contribution in [-0.2, 0) is 0 Å². The van der Waals surface area contributed by atoms with E-state index in [4.69, 9.17) is 0 Å². The second-order valence-corrected chi connectivity index (χ2v) is 5.59. The molecule has 2 nitrogen and oxygen atoms in total. The number of rotatable bonds is 4. The van der Waals surface area contributed by atoms with Crippen molar-refractivity contribution in [2.75, 3.05) is 24.5 Å². The van der Waals surface area contributed by atoms with Crippen LogP contribution in [0.3, 0.4) is 0 Å². The maximum absolute atomic E-state index is 13.1. The van der Waals surface area contributed by atoms with Gasteiger partial charge in [-0.2, -0.15) is 0 Å². The number of hydrogen-bond donors (Lipinski definition) is 1. The van der Waals surface area contributed by atoms with Crippen molar-refractivity contribution in [2.24, 2.45) is 5.92 Å². The topological polar surface area (TPSA) is 15.3 Å². The van der Waals surface area contributed by atoms with Crippen LogP contribution in [0.4, 0.5) is 10.1 Å². The molecule has 0 aliphatic carbocycles. The second kappa shape index (κ2) is 5.70. The van der Waals surface area contributed by atoms with E-state index < -0.39 is 0 Å². The fraction of sp³-hybridized carbons (Fsp3) is 0.600. The first-order valence-corrected chi connectivity index (χ1v) is 6.80. The Balaban J connectivity index is 1.95. The monoisotopic (exact) mass is 250 g/mol. The van der Waals surface area contributed by atoms with Gasteiger partial charge in [-0.15, -0.1) is 0 Å². The summed E-state index contributed by atoms with van der Waals surface area (Å²) in [5.74, 6) is 0.560. The Morgan fingerprint density at radius 1 is 1.44 bits per heavy atom. The van der Waals surface area contributed by atoms with Crippen molar-refractivity contribution in [2.45, 2.75) is 33.2 Å². The Labute approximate surface area is 109 Å². The Hall–Kier alpha value is -1.09. The van der Waals surface area contributed by atoms with Crippen molar-refractivity contribution in [1.82, 2.24) is 5.32 Å². The van der Waals surface area contributed by atoms with Crippen LogP contribution >= 0.6 is 0 Å². The third-order valence-electron chi connectivity index (χ3n) is 3.60. The normalized spacial score (nSPS) is 19.8. The lowest BCUT2D eigenvalue weighted by molar-refractivity contribution is 0.480. The summed E-state index contributed by atoms with van der Waals surface area (Å²) < 4.78 is 13.1. The van der Waals surface area contributed by atoms with Gasteiger partial charge in [0.25, 0.3) is 0 Å². The molecule has 1 atom stereocenters. The van der Waals surface area contributed by atoms with Crippen LogP contribution in [0.2, 0.25) is 0 Å². The molecule has 0 spiro atoms. The molecular formula is C15H23FN2. The van der Waals surface area contributed by atoms with E-state index in [1.54, 1.807) is 12.1 Å². The lowest BCUT2D eigenvalue weighted by atomic mass is 10.1. The third kappa shape index (κ3) is 3.22. The lowest BCUT2D eigenvalue weighted by Gasteiger charge is -2.21. The van der Waals surface area contributed by atoms with Gasteiger partial charge in [0.2, 0.25) is 0 Å². The Bertz CT molecular complexity index is 403. The predicted molar refractivity (Wildman–Crippen MR) is 74.6 cm³/mol. The highest BCUT2D eigenvalue weighted by Crippen LogP contribution is 2.27. The van der Waals surface area contributed by atoms with Crippen LogP contribution in [0.5, 0.6) is 0 Å². The molecule has 1 aliphatic rings. The zero-order valence-electron chi connectivity index (χ0n) is 11.5. The van der Waals surface area contributed by atoms with Crippen molar-refractivity contribution in [1.29, 1.82) is 0 Å². The van der Waals surface area contributed by atoms with E-state index in [2.05, 4.69) is 24.1 Å². The molecule has 1 aliphatic heterocycles. The SMILES string of the molecule is Cc1cc(F)ccc1N1CCC(CNC(C)C)C1. The molecule has 1 fully saturated rings. The van der Waals surface area contributed by atoms with E-state index in [0.29, 0.717) is 12.0 Å². The fourth-order valence-corrected chi connectivity index (χ4v) is 2.59. The van der Waals surface area contributed by atoms with Gasteiger partial charge in [-0.05, 0) is 49.6 Å². The minimum Gasteiger partial charge on any atom is -0.371 e. The predicted octanol–water partition coefficient (Wildman–Crippen LogP) is 2.96. The van der Waals surface area contributed by atoms with Gasteiger partial charge >= 0.3 is 0 Å². The summed E-state index contributed by atoms with van der Waals surface area (Å²) in [6, 6.07) is 5.63. The molecule has 100 valence electrons. The van der Waals surface area contributed by atoms with E-state index >= 15 is 0 Å². The molecule has 0 radical (unpaired) electrons. The molecule has 1 heterocycles. The van der Waals surface area contributed by atoms with Crippen LogP contribution in [0.1, 0.15) is 25.8 Å². The minimum absolute atomic E-state index is 0.145. The van der Waals surface area contributed by atoms with E-state index in [1.807, 2.05) is 13.0 Å². The molecule has 1 saturated heterocycles. The number of hydrogen-bond acceptors (Lipinski definition) is 2. The zero-order chi connectivity index (χ0) is 13.1. The summed E-state index contributed by atoms with van der Waals surface area (Å²) in [6.45, 7) is 9.57. The molecular weight excluding hydrogens is 227 g/mol. The largest absolute Gasteiger partial charge is 0.371 e. The standard InChI is InChI=1S/C15H23FN2/c1-11(2)17-9-13-6-7-18(10-13)15-5-4-14(16)8-12(15)3/h4-5,8,11,13,17H,6-7,9-10H2,1-3H3. The van der Waals surface area contributed by atoms with Crippen LogP contribution in [-0.4, -0.2) is 25.7 Å². The summed E-state index contributed by atoms with van der Waals surface area (Å²) in [5, 5.41) is 3.50. The molecule has 1 N–H and O–H groups in total. The van der Waals surface area contributed by atoms with E-state index in [9.17, 15) is 4.39 Å². The lowest BCUT2D eigenvalue weighted by Crippen LogP contribution is -2.30. The highest BCUT2D eigenvalue weighted by molar-refractivity contribution is 5.53. The van der Waals surface area contributed by atoms with E-state index in [1.165, 1.54) is 12.1 Å². The Morgan fingerprint density at radius 2 is 2.22 bits per heavy atom. The van der Waals surface area contributed by atoms with Crippen molar-refractivity contribution in [3.63, 3.8) is 0 Å². The van der Waals surface area contributed by atoms with Crippen LogP contribution in [0.15, 0.2) is 18.2 Å². The zero-order valence-corrected chi connectivity index (χ0v) is 11.5. The molecule has 0 saturated carbocycles. The fourth-order valence-electron chi connectivity index (χ4n) is 2.59. The van der Waals surface area contributed by atoms with Crippen molar-refractivity contribution < 1.29 is 4.39 Å². The maximum atomic E-state index is 13.1. The summed E-state index contributed by atoms with van der Waals surface area (Å²) in [5.41, 5.74) is 2.22. The van der Waals surface area contributed by atoms with Gasteiger partial charge in [-0.3, -0.25) is 0 Å². The molecule has 0 amide bonds. The molecule has 1 aromatic rings. The number of aryl methyl sites for hydroxylation is 1. The van der Waals surface area contributed by atoms with Crippen molar-refractivity contribution >= 4 is 5.69 Å². The van der Waals surface area contributed by atoms with Gasteiger partial charge in [0.05, 0.1) is 0 Å². The second-order valence-electron chi connectivity index (χ2n) is 5.59. The number of benzene rings is 1. The first-order chi connectivity index (χ1) is 8.56. The number of halogens is 1. The Morgan fingerprint density at radius 3 is 2.89 bits per heavy atom. The molecule has 0 bridgehead atoms. The first kappa shape index (κ1) is 13.3. The van der Waals surface area contributed by atoms with Gasteiger partial charge in [-0.1, -0.05) is 13.8 Å². The van der Waals surface area contributed by atoms with Gasteiger partial charge in [0, 0.05) is 24.8 Å². The summed E-state index contributed by atoms with van der Waals surface area (Å²) in [4.78, 5) is 2.38. The third-order valence-corrected chi connectivity index (χ3v) is 3.60. The van der Waals surface area contributed by atoms with E-state index in [-0.39, 0.29) is 5.82 Å². The van der Waals surface area contributed by atoms with Gasteiger partial charge in [0.1, 0.15) is 5.82 Å². The average molecular weight is 250 g/mol. The highest BCUT2D eigenvalue weighted by atomic mass is 19.1. The van der Waals surface area contributed by atoms with Crippen molar-refractivity contribution in [3.8, 4) is 0 Å². The number of nitrogens with zero attached hydrogens (tertiary/aromatic N) is 1. The molecule has 3 heteroatoms. The quantitative estimate of drug-likeness (QED) is 0.884. The summed E-state index contributed by atoms with van der Waals surface area (Å²) in [6.07, 6.45) is 1.22. The molecule has 1 unspecified atom stereocenters. The van der Waals surface area contributed by atoms with Gasteiger partial charge in [-0.25, -0.2) is 4.39 Å². The molecule has 1 aromatic carbocycles. The van der Waals surface area contributed by atoms with E-state index in [0.717, 1.165) is 25.2 Å². The van der Waals surface area contributed by atoms with Crippen LogP contribution in [0, 0.1) is 18.7 Å². The smallest absolute Gasteiger partial charge is 0.123 e. The summed E-state index contributed by atoms with van der Waals surface area (Å²) in [7, 11) is 0. The minimum atomic E-state index is -0.145. The number of nitrogens with one attached hydrogen (secondary N) is 1. The highest BCUT2D eigenvalue weighted by Gasteiger charge is 2.23. The first-order valence-electron chi connectivity index (χ1n) is 6.80. The van der Waals surface area contributed by atoms with Crippen molar-refractivity contribution in [3.05, 3.63) is 29.6 Å². The maximum Gasteiger partial charge on any atom is 0.123 e. The molecule has 0 aromatic heterocycles. The van der Waals surface area contributed by atoms with Crippen LogP contribution in [0.25, 0.3) is 0 Å². The van der Waals surface area contributed by atoms with Gasteiger partial charge in [0.15, 0.2) is 0 Å². The number of anilines is 1. The molecule has 18 heavy (non-hydrogen) atoms. The average Bonchev–Trinajstić information content (AvgIpc) is 2.75. The Kier molecular flexibility index (Phi) is 4.23.